The van der Waals surface area contributed by atoms with Gasteiger partial charge in [-0.2, -0.15) is 0 Å². The topological polar surface area (TPSA) is 9.23 Å². The van der Waals surface area contributed by atoms with Crippen molar-refractivity contribution < 1.29 is 4.74 Å². The van der Waals surface area contributed by atoms with Gasteiger partial charge in [-0.3, -0.25) is 0 Å². The summed E-state index contributed by atoms with van der Waals surface area (Å²) in [4.78, 5) is 0. The van der Waals surface area contributed by atoms with Gasteiger partial charge < -0.3 is 4.74 Å². The molecule has 85 valence electrons. The molecular weight excluding hydrogens is 172 g/mol. The molecule has 0 spiro atoms. The lowest BCUT2D eigenvalue weighted by atomic mass is 10.1. The maximum absolute atomic E-state index is 5.17. The summed E-state index contributed by atoms with van der Waals surface area (Å²) >= 11 is 0. The van der Waals surface area contributed by atoms with Crippen molar-refractivity contribution >= 4 is 0 Å². The van der Waals surface area contributed by atoms with Crippen LogP contribution in [0.15, 0.2) is 0 Å². The fourth-order valence-electron chi connectivity index (χ4n) is 1.61. The summed E-state index contributed by atoms with van der Waals surface area (Å²) in [5, 5.41) is 0. The van der Waals surface area contributed by atoms with E-state index in [1.54, 1.807) is 6.61 Å². The van der Waals surface area contributed by atoms with Crippen LogP contribution in [0.1, 0.15) is 71.6 Å². The molecule has 0 aliphatic heterocycles. The van der Waals surface area contributed by atoms with Crippen LogP contribution in [0.4, 0.5) is 0 Å². The van der Waals surface area contributed by atoms with Gasteiger partial charge in [-0.05, 0) is 13.3 Å². The van der Waals surface area contributed by atoms with E-state index in [-0.39, 0.29) is 0 Å². The van der Waals surface area contributed by atoms with Gasteiger partial charge in [-0.15, -0.1) is 0 Å². The Morgan fingerprint density at radius 2 is 1.29 bits per heavy atom. The van der Waals surface area contributed by atoms with Crippen molar-refractivity contribution in [2.75, 3.05) is 6.61 Å². The standard InChI is InChI=1S/C13H27O/c1-3-5-6-7-8-9-10-11-12-13-14-4-2/h4H,3,5-13H2,1-2H3. The maximum atomic E-state index is 5.17. The van der Waals surface area contributed by atoms with Gasteiger partial charge in [0.25, 0.3) is 0 Å². The number of hydrogen-bond donors (Lipinski definition) is 0. The van der Waals surface area contributed by atoms with E-state index in [9.17, 15) is 0 Å². The Labute approximate surface area is 90.2 Å². The molecule has 0 aromatic carbocycles. The minimum atomic E-state index is 0.909. The van der Waals surface area contributed by atoms with E-state index in [4.69, 9.17) is 4.74 Å². The molecule has 0 atom stereocenters. The van der Waals surface area contributed by atoms with Crippen LogP contribution >= 0.6 is 0 Å². The van der Waals surface area contributed by atoms with Gasteiger partial charge >= 0.3 is 0 Å². The molecule has 0 aromatic rings. The van der Waals surface area contributed by atoms with Crippen molar-refractivity contribution in [3.05, 3.63) is 6.61 Å². The SMILES string of the molecule is C[CH]OCCCCCCCCCCC. The molecule has 0 N–H and O–H groups in total. The first-order chi connectivity index (χ1) is 6.91. The zero-order chi connectivity index (χ0) is 10.5. The molecule has 0 amide bonds. The molecule has 1 radical (unpaired) electrons. The van der Waals surface area contributed by atoms with Gasteiger partial charge in [0.05, 0.1) is 6.61 Å². The van der Waals surface area contributed by atoms with Crippen LogP contribution in [-0.4, -0.2) is 6.61 Å². The zero-order valence-electron chi connectivity index (χ0n) is 10.1. The first kappa shape index (κ1) is 14.0. The highest BCUT2D eigenvalue weighted by Gasteiger charge is 1.91. The second-order valence-corrected chi connectivity index (χ2v) is 3.93. The van der Waals surface area contributed by atoms with E-state index in [0.29, 0.717) is 0 Å². The van der Waals surface area contributed by atoms with E-state index < -0.39 is 0 Å². The van der Waals surface area contributed by atoms with Crippen molar-refractivity contribution in [2.45, 2.75) is 71.6 Å². The van der Waals surface area contributed by atoms with Gasteiger partial charge in [0.15, 0.2) is 0 Å². The number of ether oxygens (including phenoxy) is 1. The first-order valence-electron chi connectivity index (χ1n) is 6.31. The third-order valence-corrected chi connectivity index (χ3v) is 2.53. The second kappa shape index (κ2) is 13.0. The maximum Gasteiger partial charge on any atom is 0.0805 e. The van der Waals surface area contributed by atoms with Crippen molar-refractivity contribution in [2.24, 2.45) is 0 Å². The highest BCUT2D eigenvalue weighted by atomic mass is 16.5. The number of hydrogen-bond acceptors (Lipinski definition) is 1. The summed E-state index contributed by atoms with van der Waals surface area (Å²) in [6, 6.07) is 0. The molecule has 0 aliphatic rings. The molecule has 1 nitrogen and oxygen atoms in total. The molecule has 0 saturated carbocycles. The smallest absolute Gasteiger partial charge is 0.0805 e. The van der Waals surface area contributed by atoms with E-state index >= 15 is 0 Å². The summed E-state index contributed by atoms with van der Waals surface area (Å²) in [6.07, 6.45) is 12.4. The Hall–Kier alpha value is -0.0400. The lowest BCUT2D eigenvalue weighted by Crippen LogP contribution is -1.89. The third kappa shape index (κ3) is 12.0. The Bertz CT molecular complexity index is 79.2. The van der Waals surface area contributed by atoms with Gasteiger partial charge in [0, 0.05) is 6.61 Å². The summed E-state index contributed by atoms with van der Waals surface area (Å²) < 4.78 is 5.17. The van der Waals surface area contributed by atoms with Crippen LogP contribution in [0.3, 0.4) is 0 Å². The zero-order valence-corrected chi connectivity index (χ0v) is 10.1. The monoisotopic (exact) mass is 199 g/mol. The van der Waals surface area contributed by atoms with E-state index in [1.807, 2.05) is 6.92 Å². The van der Waals surface area contributed by atoms with Crippen molar-refractivity contribution in [3.63, 3.8) is 0 Å². The fraction of sp³-hybridized carbons (Fsp3) is 0.923. The van der Waals surface area contributed by atoms with Crippen molar-refractivity contribution in [1.82, 2.24) is 0 Å². The Morgan fingerprint density at radius 3 is 1.79 bits per heavy atom. The van der Waals surface area contributed by atoms with E-state index in [0.717, 1.165) is 6.61 Å². The summed E-state index contributed by atoms with van der Waals surface area (Å²) in [6.45, 7) is 6.90. The highest BCUT2D eigenvalue weighted by molar-refractivity contribution is 4.47. The highest BCUT2D eigenvalue weighted by Crippen LogP contribution is 2.09. The van der Waals surface area contributed by atoms with Crippen LogP contribution in [-0.2, 0) is 4.74 Å². The summed E-state index contributed by atoms with van der Waals surface area (Å²) in [5.74, 6) is 0. The lowest BCUT2D eigenvalue weighted by molar-refractivity contribution is 0.197. The molecule has 0 unspecified atom stereocenters. The number of unbranched alkanes of at least 4 members (excludes halogenated alkanes) is 8. The average molecular weight is 199 g/mol. The third-order valence-electron chi connectivity index (χ3n) is 2.53. The van der Waals surface area contributed by atoms with Gasteiger partial charge in [-0.1, -0.05) is 58.3 Å². The first-order valence-corrected chi connectivity index (χ1v) is 6.31. The molecule has 0 heterocycles. The van der Waals surface area contributed by atoms with Gasteiger partial charge in [0.2, 0.25) is 0 Å². The Balaban J connectivity index is 2.78. The second-order valence-electron chi connectivity index (χ2n) is 3.93. The van der Waals surface area contributed by atoms with Crippen LogP contribution in [0.25, 0.3) is 0 Å². The van der Waals surface area contributed by atoms with Crippen LogP contribution in [0.2, 0.25) is 0 Å². The fourth-order valence-corrected chi connectivity index (χ4v) is 1.61. The van der Waals surface area contributed by atoms with E-state index in [1.165, 1.54) is 57.8 Å². The van der Waals surface area contributed by atoms with Gasteiger partial charge in [-0.25, -0.2) is 0 Å². The van der Waals surface area contributed by atoms with E-state index in [2.05, 4.69) is 6.92 Å². The lowest BCUT2D eigenvalue weighted by Gasteiger charge is -2.01. The molecule has 14 heavy (non-hydrogen) atoms. The molecule has 0 fully saturated rings. The van der Waals surface area contributed by atoms with Crippen LogP contribution in [0.5, 0.6) is 0 Å². The average Bonchev–Trinajstić information content (AvgIpc) is 2.21. The Kier molecular flexibility index (Phi) is 12.9. The van der Waals surface area contributed by atoms with Gasteiger partial charge in [0.1, 0.15) is 0 Å². The summed E-state index contributed by atoms with van der Waals surface area (Å²) in [5.41, 5.74) is 0. The van der Waals surface area contributed by atoms with Crippen LogP contribution in [0, 0.1) is 6.61 Å². The van der Waals surface area contributed by atoms with Crippen LogP contribution < -0.4 is 0 Å². The normalized spacial score (nSPS) is 10.7. The predicted molar refractivity (Wildman–Crippen MR) is 63.2 cm³/mol. The molecule has 1 heteroatoms. The minimum Gasteiger partial charge on any atom is -0.376 e. The number of rotatable bonds is 11. The molecule has 0 saturated heterocycles. The summed E-state index contributed by atoms with van der Waals surface area (Å²) in [7, 11) is 0. The molecular formula is C13H27O. The molecule has 0 bridgehead atoms. The molecule has 0 rings (SSSR count). The Morgan fingerprint density at radius 1 is 0.786 bits per heavy atom. The van der Waals surface area contributed by atoms with Crippen molar-refractivity contribution in [1.29, 1.82) is 0 Å². The quantitative estimate of drug-likeness (QED) is 0.438. The molecule has 0 aromatic heterocycles. The minimum absolute atomic E-state index is 0.909. The van der Waals surface area contributed by atoms with Crippen molar-refractivity contribution in [3.8, 4) is 0 Å². The largest absolute Gasteiger partial charge is 0.376 e. The molecule has 0 aliphatic carbocycles. The predicted octanol–water partition coefficient (Wildman–Crippen LogP) is 4.72.